The molecule has 1 N–H and O–H groups in total. The maximum Gasteiger partial charge on any atom is 0.0931 e. The normalized spacial score (nSPS) is 18.1. The predicted octanol–water partition coefficient (Wildman–Crippen LogP) is 3.85. The molecule has 1 aromatic carbocycles. The Morgan fingerprint density at radius 2 is 2.12 bits per heavy atom. The van der Waals surface area contributed by atoms with Gasteiger partial charge in [-0.1, -0.05) is 19.3 Å². The van der Waals surface area contributed by atoms with Gasteiger partial charge in [0.15, 0.2) is 0 Å². The van der Waals surface area contributed by atoms with Crippen molar-refractivity contribution in [2.24, 2.45) is 10.9 Å². The summed E-state index contributed by atoms with van der Waals surface area (Å²) in [7, 11) is 0. The van der Waals surface area contributed by atoms with Crippen LogP contribution in [0.2, 0.25) is 0 Å². The second-order valence-electron chi connectivity index (χ2n) is 4.78. The summed E-state index contributed by atoms with van der Waals surface area (Å²) in [6.07, 6.45) is 10.6. The average Bonchev–Trinajstić information content (AvgIpc) is 2.85. The van der Waals surface area contributed by atoms with Crippen molar-refractivity contribution in [3.63, 3.8) is 0 Å². The molecule has 1 aromatic heterocycles. The number of H-pyrrole nitrogens is 1. The van der Waals surface area contributed by atoms with Crippen molar-refractivity contribution in [2.75, 3.05) is 0 Å². The molecule has 3 heteroatoms. The van der Waals surface area contributed by atoms with Crippen molar-refractivity contribution >= 4 is 22.9 Å². The van der Waals surface area contributed by atoms with E-state index in [0.717, 1.165) is 16.7 Å². The number of hydrogen-bond donors (Lipinski definition) is 1. The van der Waals surface area contributed by atoms with Crippen molar-refractivity contribution in [3.05, 3.63) is 24.5 Å². The molecule has 0 saturated heterocycles. The van der Waals surface area contributed by atoms with E-state index < -0.39 is 0 Å². The first-order valence-corrected chi connectivity index (χ1v) is 6.39. The van der Waals surface area contributed by atoms with E-state index in [0.29, 0.717) is 5.92 Å². The molecular weight excluding hydrogens is 210 g/mol. The molecule has 2 aromatic rings. The van der Waals surface area contributed by atoms with Crippen LogP contribution in [0.3, 0.4) is 0 Å². The number of aromatic nitrogens is 2. The fourth-order valence-corrected chi connectivity index (χ4v) is 2.48. The Kier molecular flexibility index (Phi) is 2.90. The Bertz CT molecular complexity index is 521. The molecule has 1 aliphatic carbocycles. The summed E-state index contributed by atoms with van der Waals surface area (Å²) in [6.45, 7) is 0. The minimum absolute atomic E-state index is 0.679. The van der Waals surface area contributed by atoms with E-state index in [4.69, 9.17) is 0 Å². The summed E-state index contributed by atoms with van der Waals surface area (Å²) in [5.74, 6) is 0.679. The summed E-state index contributed by atoms with van der Waals surface area (Å²) < 4.78 is 0. The molecule has 1 saturated carbocycles. The van der Waals surface area contributed by atoms with Gasteiger partial charge in [-0.05, 0) is 37.0 Å². The maximum atomic E-state index is 4.58. The first-order chi connectivity index (χ1) is 8.42. The number of hydrogen-bond acceptors (Lipinski definition) is 2. The van der Waals surface area contributed by atoms with Crippen LogP contribution in [0.25, 0.3) is 11.0 Å². The second-order valence-corrected chi connectivity index (χ2v) is 4.78. The standard InChI is InChI=1S/C14H17N3/c1-2-4-11(5-3-1)9-15-12-6-7-13-14(8-12)17-10-16-13/h6-11H,1-5H2,(H,16,17)/b15-9+. The number of aromatic amines is 1. The first kappa shape index (κ1) is 10.5. The molecule has 0 amide bonds. The predicted molar refractivity (Wildman–Crippen MR) is 70.8 cm³/mol. The van der Waals surface area contributed by atoms with E-state index in [1.165, 1.54) is 32.1 Å². The maximum absolute atomic E-state index is 4.58. The summed E-state index contributed by atoms with van der Waals surface area (Å²) in [5, 5.41) is 0. The van der Waals surface area contributed by atoms with Crippen molar-refractivity contribution in [3.8, 4) is 0 Å². The van der Waals surface area contributed by atoms with E-state index in [1.54, 1.807) is 6.33 Å². The molecular formula is C14H17N3. The van der Waals surface area contributed by atoms with Crippen LogP contribution in [0, 0.1) is 5.92 Å². The second kappa shape index (κ2) is 4.70. The highest BCUT2D eigenvalue weighted by Gasteiger charge is 2.10. The highest BCUT2D eigenvalue weighted by atomic mass is 14.9. The number of nitrogens with one attached hydrogen (secondary N) is 1. The van der Waals surface area contributed by atoms with Gasteiger partial charge in [-0.3, -0.25) is 4.99 Å². The monoisotopic (exact) mass is 227 g/mol. The zero-order valence-corrected chi connectivity index (χ0v) is 9.89. The zero-order valence-electron chi connectivity index (χ0n) is 9.89. The number of imidazole rings is 1. The number of nitrogens with zero attached hydrogens (tertiary/aromatic N) is 2. The van der Waals surface area contributed by atoms with E-state index in [9.17, 15) is 0 Å². The third kappa shape index (κ3) is 2.38. The molecule has 3 nitrogen and oxygen atoms in total. The highest BCUT2D eigenvalue weighted by Crippen LogP contribution is 2.24. The fourth-order valence-electron chi connectivity index (χ4n) is 2.48. The SMILES string of the molecule is C(=N\c1ccc2[nH]cnc2c1)/C1CCCCC1. The van der Waals surface area contributed by atoms with Gasteiger partial charge in [-0.25, -0.2) is 4.98 Å². The van der Waals surface area contributed by atoms with Crippen LogP contribution in [-0.2, 0) is 0 Å². The van der Waals surface area contributed by atoms with E-state index in [-0.39, 0.29) is 0 Å². The van der Waals surface area contributed by atoms with Gasteiger partial charge in [0.05, 0.1) is 23.0 Å². The smallest absolute Gasteiger partial charge is 0.0931 e. The first-order valence-electron chi connectivity index (χ1n) is 6.39. The van der Waals surface area contributed by atoms with Crippen molar-refractivity contribution < 1.29 is 0 Å². The lowest BCUT2D eigenvalue weighted by Crippen LogP contribution is -2.06. The molecule has 0 aliphatic heterocycles. The molecule has 1 fully saturated rings. The van der Waals surface area contributed by atoms with Gasteiger partial charge in [0.25, 0.3) is 0 Å². The van der Waals surface area contributed by atoms with Gasteiger partial charge in [-0.2, -0.15) is 0 Å². The molecule has 1 aliphatic rings. The number of fused-ring (bicyclic) bond motifs is 1. The van der Waals surface area contributed by atoms with Gasteiger partial charge in [-0.15, -0.1) is 0 Å². The Labute approximate surface area is 101 Å². The lowest BCUT2D eigenvalue weighted by molar-refractivity contribution is 0.445. The third-order valence-corrected chi connectivity index (χ3v) is 3.49. The fraction of sp³-hybridized carbons (Fsp3) is 0.429. The number of benzene rings is 1. The van der Waals surface area contributed by atoms with Gasteiger partial charge in [0, 0.05) is 6.21 Å². The average molecular weight is 227 g/mol. The van der Waals surface area contributed by atoms with E-state index in [1.807, 2.05) is 18.2 Å². The van der Waals surface area contributed by atoms with Crippen molar-refractivity contribution in [2.45, 2.75) is 32.1 Å². The van der Waals surface area contributed by atoms with E-state index >= 15 is 0 Å². The summed E-state index contributed by atoms with van der Waals surface area (Å²) in [4.78, 5) is 11.9. The summed E-state index contributed by atoms with van der Waals surface area (Å²) in [5.41, 5.74) is 3.07. The molecule has 0 radical (unpaired) electrons. The third-order valence-electron chi connectivity index (χ3n) is 3.49. The Balaban J connectivity index is 1.76. The molecule has 0 bridgehead atoms. The van der Waals surface area contributed by atoms with Crippen LogP contribution in [-0.4, -0.2) is 16.2 Å². The minimum Gasteiger partial charge on any atom is -0.345 e. The van der Waals surface area contributed by atoms with Gasteiger partial charge < -0.3 is 4.98 Å². The zero-order chi connectivity index (χ0) is 11.5. The Morgan fingerprint density at radius 3 is 3.00 bits per heavy atom. The number of aliphatic imine (C=N–C) groups is 1. The summed E-state index contributed by atoms with van der Waals surface area (Å²) in [6, 6.07) is 6.11. The molecule has 3 rings (SSSR count). The van der Waals surface area contributed by atoms with Crippen LogP contribution in [0.4, 0.5) is 5.69 Å². The van der Waals surface area contributed by atoms with Gasteiger partial charge in [0.2, 0.25) is 0 Å². The molecule has 88 valence electrons. The molecule has 17 heavy (non-hydrogen) atoms. The van der Waals surface area contributed by atoms with Crippen LogP contribution >= 0.6 is 0 Å². The Hall–Kier alpha value is -1.64. The van der Waals surface area contributed by atoms with Crippen molar-refractivity contribution in [1.82, 2.24) is 9.97 Å². The topological polar surface area (TPSA) is 41.0 Å². The van der Waals surface area contributed by atoms with Crippen LogP contribution in [0.5, 0.6) is 0 Å². The lowest BCUT2D eigenvalue weighted by Gasteiger charge is -2.16. The quantitative estimate of drug-likeness (QED) is 0.778. The van der Waals surface area contributed by atoms with Crippen LogP contribution in [0.1, 0.15) is 32.1 Å². The van der Waals surface area contributed by atoms with Gasteiger partial charge >= 0.3 is 0 Å². The molecule has 0 spiro atoms. The van der Waals surface area contributed by atoms with Gasteiger partial charge in [0.1, 0.15) is 0 Å². The van der Waals surface area contributed by atoms with Crippen LogP contribution < -0.4 is 0 Å². The minimum atomic E-state index is 0.679. The lowest BCUT2D eigenvalue weighted by atomic mass is 9.90. The summed E-state index contributed by atoms with van der Waals surface area (Å²) >= 11 is 0. The largest absolute Gasteiger partial charge is 0.345 e. The van der Waals surface area contributed by atoms with Crippen molar-refractivity contribution in [1.29, 1.82) is 0 Å². The molecule has 0 atom stereocenters. The van der Waals surface area contributed by atoms with Crippen LogP contribution in [0.15, 0.2) is 29.5 Å². The highest BCUT2D eigenvalue weighted by molar-refractivity contribution is 5.79. The molecule has 1 heterocycles. The van der Waals surface area contributed by atoms with E-state index in [2.05, 4.69) is 21.2 Å². The number of rotatable bonds is 2. The molecule has 0 unspecified atom stereocenters. The Morgan fingerprint density at radius 1 is 1.24 bits per heavy atom.